The van der Waals surface area contributed by atoms with Crippen LogP contribution in [0.3, 0.4) is 0 Å². The molecule has 76 valence electrons. The molecule has 0 bridgehead atoms. The van der Waals surface area contributed by atoms with E-state index >= 15 is 0 Å². The molecule has 2 aliphatic rings. The van der Waals surface area contributed by atoms with Crippen molar-refractivity contribution >= 4 is 0 Å². The lowest BCUT2D eigenvalue weighted by Gasteiger charge is -2.29. The first kappa shape index (κ1) is 9.47. The highest BCUT2D eigenvalue weighted by Crippen LogP contribution is 2.24. The van der Waals surface area contributed by atoms with E-state index in [-0.39, 0.29) is 0 Å². The summed E-state index contributed by atoms with van der Waals surface area (Å²) in [5.74, 6) is 0. The lowest BCUT2D eigenvalue weighted by atomic mass is 9.91. The van der Waals surface area contributed by atoms with Crippen molar-refractivity contribution in [3.8, 4) is 0 Å². The largest absolute Gasteiger partial charge is 0.314 e. The summed E-state index contributed by atoms with van der Waals surface area (Å²) in [6.07, 6.45) is 8.36. The molecule has 2 fully saturated rings. The third-order valence-electron chi connectivity index (χ3n) is 3.27. The first-order chi connectivity index (χ1) is 6.38. The van der Waals surface area contributed by atoms with E-state index in [1.807, 2.05) is 0 Å². The highest BCUT2D eigenvalue weighted by molar-refractivity contribution is 4.88. The minimum atomic E-state index is 0.808. The van der Waals surface area contributed by atoms with Crippen LogP contribution in [-0.2, 0) is 0 Å². The van der Waals surface area contributed by atoms with Gasteiger partial charge in [0, 0.05) is 18.1 Å². The minimum absolute atomic E-state index is 0.808. The molecule has 0 unspecified atom stereocenters. The van der Waals surface area contributed by atoms with Crippen LogP contribution in [-0.4, -0.2) is 24.7 Å². The molecule has 2 N–H and O–H groups in total. The molecule has 2 aliphatic carbocycles. The van der Waals surface area contributed by atoms with Crippen LogP contribution < -0.4 is 10.6 Å². The quantitative estimate of drug-likeness (QED) is 0.691. The molecule has 13 heavy (non-hydrogen) atoms. The van der Waals surface area contributed by atoms with Crippen LogP contribution in [0.15, 0.2) is 0 Å². The van der Waals surface area contributed by atoms with Gasteiger partial charge >= 0.3 is 0 Å². The molecule has 0 atom stereocenters. The Morgan fingerprint density at radius 2 is 1.31 bits per heavy atom. The first-order valence-electron chi connectivity index (χ1n) is 5.88. The van der Waals surface area contributed by atoms with Gasteiger partial charge in [-0.05, 0) is 45.1 Å². The van der Waals surface area contributed by atoms with Gasteiger partial charge in [0.15, 0.2) is 0 Å². The van der Waals surface area contributed by atoms with E-state index in [9.17, 15) is 0 Å². The SMILES string of the molecule is CCNC1CCC(NC2CC2)CC1. The van der Waals surface area contributed by atoms with Gasteiger partial charge in [0.1, 0.15) is 0 Å². The van der Waals surface area contributed by atoms with Crippen LogP contribution in [0.1, 0.15) is 45.4 Å². The van der Waals surface area contributed by atoms with E-state index in [1.54, 1.807) is 0 Å². The summed E-state index contributed by atoms with van der Waals surface area (Å²) in [6, 6.07) is 2.53. The average molecular weight is 182 g/mol. The van der Waals surface area contributed by atoms with E-state index < -0.39 is 0 Å². The third kappa shape index (κ3) is 2.96. The molecular formula is C11H22N2. The maximum absolute atomic E-state index is 3.73. The van der Waals surface area contributed by atoms with Gasteiger partial charge in [-0.1, -0.05) is 6.92 Å². The maximum Gasteiger partial charge on any atom is 0.00708 e. The fraction of sp³-hybridized carbons (Fsp3) is 1.00. The number of nitrogens with one attached hydrogen (secondary N) is 2. The molecule has 2 saturated carbocycles. The normalized spacial score (nSPS) is 34.8. The number of hydrogen-bond donors (Lipinski definition) is 2. The Hall–Kier alpha value is -0.0800. The zero-order valence-electron chi connectivity index (χ0n) is 8.68. The van der Waals surface area contributed by atoms with Crippen LogP contribution >= 0.6 is 0 Å². The Kier molecular flexibility index (Phi) is 3.23. The summed E-state index contributed by atoms with van der Waals surface area (Å²) in [7, 11) is 0. The summed E-state index contributed by atoms with van der Waals surface area (Å²) in [5, 5.41) is 7.27. The highest BCUT2D eigenvalue weighted by Gasteiger charge is 2.27. The van der Waals surface area contributed by atoms with Crippen LogP contribution in [0, 0.1) is 0 Å². The Bertz CT molecular complexity index is 146. The number of hydrogen-bond acceptors (Lipinski definition) is 2. The lowest BCUT2D eigenvalue weighted by Crippen LogP contribution is -2.40. The molecule has 0 aromatic rings. The molecule has 0 spiro atoms. The van der Waals surface area contributed by atoms with E-state index in [1.165, 1.54) is 38.5 Å². The van der Waals surface area contributed by atoms with E-state index in [0.717, 1.165) is 24.7 Å². The Morgan fingerprint density at radius 1 is 0.846 bits per heavy atom. The molecule has 0 aromatic carbocycles. The zero-order chi connectivity index (χ0) is 9.10. The summed E-state index contributed by atoms with van der Waals surface area (Å²) in [4.78, 5) is 0. The summed E-state index contributed by atoms with van der Waals surface area (Å²) in [6.45, 7) is 3.33. The van der Waals surface area contributed by atoms with Gasteiger partial charge in [-0.15, -0.1) is 0 Å². The average Bonchev–Trinajstić information content (AvgIpc) is 2.93. The van der Waals surface area contributed by atoms with E-state index in [4.69, 9.17) is 0 Å². The molecular weight excluding hydrogens is 160 g/mol. The van der Waals surface area contributed by atoms with Gasteiger partial charge in [-0.2, -0.15) is 0 Å². The van der Waals surface area contributed by atoms with Gasteiger partial charge < -0.3 is 10.6 Å². The molecule has 0 radical (unpaired) electrons. The van der Waals surface area contributed by atoms with Crippen LogP contribution in [0.4, 0.5) is 0 Å². The highest BCUT2D eigenvalue weighted by atomic mass is 15.0. The zero-order valence-corrected chi connectivity index (χ0v) is 8.68. The topological polar surface area (TPSA) is 24.1 Å². The van der Waals surface area contributed by atoms with Gasteiger partial charge in [-0.3, -0.25) is 0 Å². The van der Waals surface area contributed by atoms with Crippen molar-refractivity contribution in [1.29, 1.82) is 0 Å². The van der Waals surface area contributed by atoms with Crippen molar-refractivity contribution in [1.82, 2.24) is 10.6 Å². The molecule has 0 saturated heterocycles. The second kappa shape index (κ2) is 4.43. The summed E-state index contributed by atoms with van der Waals surface area (Å²) in [5.41, 5.74) is 0. The predicted octanol–water partition coefficient (Wildman–Crippen LogP) is 1.66. The predicted molar refractivity (Wildman–Crippen MR) is 55.9 cm³/mol. The van der Waals surface area contributed by atoms with Crippen LogP contribution in [0.2, 0.25) is 0 Å². The van der Waals surface area contributed by atoms with E-state index in [0.29, 0.717) is 0 Å². The first-order valence-corrected chi connectivity index (χ1v) is 5.88. The Labute approximate surface area is 81.5 Å². The van der Waals surface area contributed by atoms with Crippen LogP contribution in [0.5, 0.6) is 0 Å². The fourth-order valence-corrected chi connectivity index (χ4v) is 2.34. The van der Waals surface area contributed by atoms with Crippen molar-refractivity contribution in [2.75, 3.05) is 6.54 Å². The molecule has 0 amide bonds. The van der Waals surface area contributed by atoms with Gasteiger partial charge in [0.2, 0.25) is 0 Å². The minimum Gasteiger partial charge on any atom is -0.314 e. The van der Waals surface area contributed by atoms with E-state index in [2.05, 4.69) is 17.6 Å². The number of rotatable bonds is 4. The second-order valence-electron chi connectivity index (χ2n) is 4.55. The monoisotopic (exact) mass is 182 g/mol. The summed E-state index contributed by atoms with van der Waals surface area (Å²) >= 11 is 0. The third-order valence-corrected chi connectivity index (χ3v) is 3.27. The van der Waals surface area contributed by atoms with Gasteiger partial charge in [-0.25, -0.2) is 0 Å². The molecule has 0 aromatic heterocycles. The Balaban J connectivity index is 1.63. The van der Waals surface area contributed by atoms with Gasteiger partial charge in [0.05, 0.1) is 0 Å². The lowest BCUT2D eigenvalue weighted by molar-refractivity contribution is 0.309. The van der Waals surface area contributed by atoms with Gasteiger partial charge in [0.25, 0.3) is 0 Å². The van der Waals surface area contributed by atoms with Crippen molar-refractivity contribution in [3.05, 3.63) is 0 Å². The smallest absolute Gasteiger partial charge is 0.00708 e. The molecule has 0 aliphatic heterocycles. The van der Waals surface area contributed by atoms with Crippen molar-refractivity contribution in [3.63, 3.8) is 0 Å². The second-order valence-corrected chi connectivity index (χ2v) is 4.55. The van der Waals surface area contributed by atoms with Crippen molar-refractivity contribution in [2.24, 2.45) is 0 Å². The molecule has 0 heterocycles. The molecule has 2 heteroatoms. The van der Waals surface area contributed by atoms with Crippen LogP contribution in [0.25, 0.3) is 0 Å². The Morgan fingerprint density at radius 3 is 1.77 bits per heavy atom. The standard InChI is InChI=1S/C11H22N2/c1-2-12-9-3-5-10(6-4-9)13-11-7-8-11/h9-13H,2-8H2,1H3. The fourth-order valence-electron chi connectivity index (χ4n) is 2.34. The van der Waals surface area contributed by atoms with Crippen molar-refractivity contribution in [2.45, 2.75) is 63.6 Å². The molecule has 2 rings (SSSR count). The maximum atomic E-state index is 3.73. The summed E-state index contributed by atoms with van der Waals surface area (Å²) < 4.78 is 0. The van der Waals surface area contributed by atoms with Crippen molar-refractivity contribution < 1.29 is 0 Å². The molecule has 2 nitrogen and oxygen atoms in total.